The lowest BCUT2D eigenvalue weighted by atomic mass is 10.1. The summed E-state index contributed by atoms with van der Waals surface area (Å²) >= 11 is 0. The third-order valence-corrected chi connectivity index (χ3v) is 4.37. The second-order valence-electron chi connectivity index (χ2n) is 6.36. The molecular formula is C18H25N5O2. The third kappa shape index (κ3) is 4.49. The van der Waals surface area contributed by atoms with Crippen LogP contribution in [0, 0.1) is 6.92 Å². The Morgan fingerprint density at radius 2 is 2.32 bits per heavy atom. The van der Waals surface area contributed by atoms with Gasteiger partial charge >= 0.3 is 6.03 Å². The zero-order valence-corrected chi connectivity index (χ0v) is 14.8. The number of nitrogens with one attached hydrogen (secondary N) is 2. The molecule has 2 N–H and O–H groups in total. The summed E-state index contributed by atoms with van der Waals surface area (Å²) in [5.74, 6) is 1.86. The number of benzene rings is 1. The number of carbonyl (C=O) groups is 1. The number of nitrogens with zero attached hydrogens (tertiary/aromatic N) is 3. The number of hydrogen-bond donors (Lipinski definition) is 2. The molecule has 2 heterocycles. The summed E-state index contributed by atoms with van der Waals surface area (Å²) in [6.07, 6.45) is 4.27. The molecule has 1 aliphatic rings. The van der Waals surface area contributed by atoms with E-state index in [4.69, 9.17) is 4.74 Å². The molecule has 0 saturated carbocycles. The van der Waals surface area contributed by atoms with Crippen LogP contribution in [0.25, 0.3) is 0 Å². The molecule has 7 nitrogen and oxygen atoms in total. The molecule has 25 heavy (non-hydrogen) atoms. The maximum Gasteiger partial charge on any atom is 0.315 e. The molecule has 1 aromatic carbocycles. The van der Waals surface area contributed by atoms with Gasteiger partial charge in [0.05, 0.1) is 19.2 Å². The van der Waals surface area contributed by atoms with Crippen molar-refractivity contribution in [2.45, 2.75) is 52.2 Å². The predicted octanol–water partition coefficient (Wildman–Crippen LogP) is 2.19. The first-order valence-electron chi connectivity index (χ1n) is 8.79. The van der Waals surface area contributed by atoms with Crippen molar-refractivity contribution in [1.82, 2.24) is 25.4 Å². The first kappa shape index (κ1) is 17.3. The summed E-state index contributed by atoms with van der Waals surface area (Å²) in [6.45, 7) is 5.99. The van der Waals surface area contributed by atoms with Crippen molar-refractivity contribution in [3.63, 3.8) is 0 Å². The number of aromatic nitrogens is 3. The number of urea groups is 1. The zero-order valence-electron chi connectivity index (χ0n) is 14.8. The van der Waals surface area contributed by atoms with Crippen molar-refractivity contribution in [2.24, 2.45) is 0 Å². The standard InChI is InChI=1S/C18H25N5O2/c1-3-8-25-16-6-4-14(13(2)9-16)10-19-18(24)22-15-5-7-17-20-12-21-23(17)11-15/h4,6,9,12,15H,3,5,7-8,10-11H2,1-2H3,(H2,19,22,24). The van der Waals surface area contributed by atoms with Crippen molar-refractivity contribution in [1.29, 1.82) is 0 Å². The number of carbonyl (C=O) groups excluding carboxylic acids is 1. The Morgan fingerprint density at radius 1 is 1.44 bits per heavy atom. The molecule has 7 heteroatoms. The van der Waals surface area contributed by atoms with Crippen LogP contribution in [-0.2, 0) is 19.5 Å². The van der Waals surface area contributed by atoms with Gasteiger partial charge in [0, 0.05) is 13.0 Å². The van der Waals surface area contributed by atoms with Gasteiger partial charge in [0.15, 0.2) is 0 Å². The predicted molar refractivity (Wildman–Crippen MR) is 94.5 cm³/mol. The lowest BCUT2D eigenvalue weighted by molar-refractivity contribution is 0.231. The van der Waals surface area contributed by atoms with E-state index >= 15 is 0 Å². The van der Waals surface area contributed by atoms with Gasteiger partial charge in [-0.15, -0.1) is 0 Å². The van der Waals surface area contributed by atoms with Gasteiger partial charge in [-0.1, -0.05) is 13.0 Å². The highest BCUT2D eigenvalue weighted by atomic mass is 16.5. The Morgan fingerprint density at radius 3 is 3.12 bits per heavy atom. The number of rotatable bonds is 6. The van der Waals surface area contributed by atoms with E-state index in [0.29, 0.717) is 19.7 Å². The minimum Gasteiger partial charge on any atom is -0.494 e. The van der Waals surface area contributed by atoms with E-state index in [1.807, 2.05) is 29.8 Å². The molecule has 1 aliphatic heterocycles. The number of fused-ring (bicyclic) bond motifs is 1. The number of hydrogen-bond acceptors (Lipinski definition) is 4. The summed E-state index contributed by atoms with van der Waals surface area (Å²) in [7, 11) is 0. The molecule has 1 aromatic heterocycles. The SMILES string of the molecule is CCCOc1ccc(CNC(=O)NC2CCc3ncnn3C2)c(C)c1. The fourth-order valence-corrected chi connectivity index (χ4v) is 2.94. The Bertz CT molecular complexity index is 728. The quantitative estimate of drug-likeness (QED) is 0.842. The molecular weight excluding hydrogens is 318 g/mol. The molecule has 2 aromatic rings. The second-order valence-corrected chi connectivity index (χ2v) is 6.36. The van der Waals surface area contributed by atoms with Crippen molar-refractivity contribution in [3.8, 4) is 5.75 Å². The fraction of sp³-hybridized carbons (Fsp3) is 0.500. The maximum atomic E-state index is 12.2. The highest BCUT2D eigenvalue weighted by Gasteiger charge is 2.21. The summed E-state index contributed by atoms with van der Waals surface area (Å²) in [4.78, 5) is 16.4. The average molecular weight is 343 g/mol. The number of ether oxygens (including phenoxy) is 1. The Balaban J connectivity index is 1.48. The second kappa shape index (κ2) is 8.00. The van der Waals surface area contributed by atoms with Crippen LogP contribution in [0.5, 0.6) is 5.75 Å². The summed E-state index contributed by atoms with van der Waals surface area (Å²) in [6, 6.07) is 5.89. The van der Waals surface area contributed by atoms with Crippen molar-refractivity contribution >= 4 is 6.03 Å². The zero-order chi connectivity index (χ0) is 17.6. The Labute approximate surface area is 147 Å². The smallest absolute Gasteiger partial charge is 0.315 e. The number of aryl methyl sites for hydroxylation is 2. The van der Waals surface area contributed by atoms with Crippen LogP contribution in [0.2, 0.25) is 0 Å². The van der Waals surface area contributed by atoms with Gasteiger partial charge in [0.1, 0.15) is 17.9 Å². The summed E-state index contributed by atoms with van der Waals surface area (Å²) in [5, 5.41) is 10.1. The van der Waals surface area contributed by atoms with Crippen molar-refractivity contribution in [3.05, 3.63) is 41.5 Å². The van der Waals surface area contributed by atoms with Crippen molar-refractivity contribution < 1.29 is 9.53 Å². The van der Waals surface area contributed by atoms with E-state index in [-0.39, 0.29) is 12.1 Å². The molecule has 3 rings (SSSR count). The molecule has 0 fully saturated rings. The number of amides is 2. The van der Waals surface area contributed by atoms with E-state index in [0.717, 1.165) is 42.0 Å². The minimum absolute atomic E-state index is 0.0834. The normalized spacial score (nSPS) is 16.2. The lowest BCUT2D eigenvalue weighted by Gasteiger charge is -2.23. The van der Waals surface area contributed by atoms with E-state index in [1.165, 1.54) is 0 Å². The molecule has 0 spiro atoms. The van der Waals surface area contributed by atoms with Gasteiger partial charge in [-0.25, -0.2) is 14.5 Å². The maximum absolute atomic E-state index is 12.2. The average Bonchev–Trinajstić information content (AvgIpc) is 3.07. The first-order valence-corrected chi connectivity index (χ1v) is 8.79. The van der Waals surface area contributed by atoms with E-state index in [9.17, 15) is 4.79 Å². The van der Waals surface area contributed by atoms with Gasteiger partial charge in [-0.3, -0.25) is 0 Å². The van der Waals surface area contributed by atoms with Crippen LogP contribution in [-0.4, -0.2) is 33.4 Å². The molecule has 134 valence electrons. The highest BCUT2D eigenvalue weighted by Crippen LogP contribution is 2.17. The van der Waals surface area contributed by atoms with Gasteiger partial charge in [0.2, 0.25) is 0 Å². The third-order valence-electron chi connectivity index (χ3n) is 4.37. The van der Waals surface area contributed by atoms with E-state index in [1.54, 1.807) is 6.33 Å². The van der Waals surface area contributed by atoms with E-state index in [2.05, 4.69) is 27.6 Å². The van der Waals surface area contributed by atoms with Crippen LogP contribution in [0.3, 0.4) is 0 Å². The molecule has 0 radical (unpaired) electrons. The van der Waals surface area contributed by atoms with Crippen LogP contribution < -0.4 is 15.4 Å². The Kier molecular flexibility index (Phi) is 5.53. The van der Waals surface area contributed by atoms with Gasteiger partial charge in [-0.05, 0) is 43.0 Å². The van der Waals surface area contributed by atoms with Crippen molar-refractivity contribution in [2.75, 3.05) is 6.61 Å². The Hall–Kier alpha value is -2.57. The largest absolute Gasteiger partial charge is 0.494 e. The van der Waals surface area contributed by atoms with Gasteiger partial charge in [0.25, 0.3) is 0 Å². The first-order chi connectivity index (χ1) is 12.2. The molecule has 2 amide bonds. The molecule has 0 saturated heterocycles. The molecule has 1 unspecified atom stereocenters. The van der Waals surface area contributed by atoms with E-state index < -0.39 is 0 Å². The summed E-state index contributed by atoms with van der Waals surface area (Å²) < 4.78 is 7.48. The van der Waals surface area contributed by atoms with Gasteiger partial charge in [-0.2, -0.15) is 5.10 Å². The van der Waals surface area contributed by atoms with Crippen LogP contribution in [0.1, 0.15) is 36.7 Å². The fourth-order valence-electron chi connectivity index (χ4n) is 2.94. The lowest BCUT2D eigenvalue weighted by Crippen LogP contribution is -2.45. The highest BCUT2D eigenvalue weighted by molar-refractivity contribution is 5.74. The monoisotopic (exact) mass is 343 g/mol. The van der Waals surface area contributed by atoms with Crippen LogP contribution in [0.15, 0.2) is 24.5 Å². The molecule has 1 atom stereocenters. The molecule has 0 bridgehead atoms. The molecule has 0 aliphatic carbocycles. The topological polar surface area (TPSA) is 81.1 Å². The minimum atomic E-state index is -0.153. The van der Waals surface area contributed by atoms with Gasteiger partial charge < -0.3 is 15.4 Å². The van der Waals surface area contributed by atoms with Crippen LogP contribution >= 0.6 is 0 Å². The van der Waals surface area contributed by atoms with Crippen LogP contribution in [0.4, 0.5) is 4.79 Å². The summed E-state index contributed by atoms with van der Waals surface area (Å²) in [5.41, 5.74) is 2.19.